The molecular formula is C15H24Si. The average Bonchev–Trinajstić information content (AvgIpc) is 2.31. The van der Waals surface area contributed by atoms with Crippen molar-refractivity contribution in [3.8, 4) is 0 Å². The Balaban J connectivity index is 0.000000160. The Labute approximate surface area is 101 Å². The van der Waals surface area contributed by atoms with Crippen LogP contribution in [0.3, 0.4) is 0 Å². The largest absolute Gasteiger partial charge is 0.0985 e. The van der Waals surface area contributed by atoms with Gasteiger partial charge in [0, 0.05) is 8.07 Å². The third-order valence-corrected chi connectivity index (χ3v) is 6.66. The van der Waals surface area contributed by atoms with Gasteiger partial charge in [0.05, 0.1) is 0 Å². The van der Waals surface area contributed by atoms with Gasteiger partial charge < -0.3 is 0 Å². The van der Waals surface area contributed by atoms with Crippen LogP contribution in [0.25, 0.3) is 6.08 Å². The molecule has 0 spiro atoms. The van der Waals surface area contributed by atoms with E-state index in [0.717, 1.165) is 0 Å². The molecule has 0 saturated carbocycles. The summed E-state index contributed by atoms with van der Waals surface area (Å²) in [6.45, 7) is 8.67. The fourth-order valence-corrected chi connectivity index (χ4v) is 4.76. The van der Waals surface area contributed by atoms with Crippen molar-refractivity contribution >= 4 is 14.1 Å². The Hall–Kier alpha value is -0.823. The molecule has 1 fully saturated rings. The van der Waals surface area contributed by atoms with E-state index in [1.165, 1.54) is 24.8 Å². The van der Waals surface area contributed by atoms with E-state index in [1.807, 2.05) is 36.4 Å². The van der Waals surface area contributed by atoms with E-state index in [0.29, 0.717) is 0 Å². The van der Waals surface area contributed by atoms with E-state index in [-0.39, 0.29) is 0 Å². The molecule has 1 aromatic carbocycles. The molecule has 16 heavy (non-hydrogen) atoms. The van der Waals surface area contributed by atoms with Gasteiger partial charge >= 0.3 is 0 Å². The molecule has 1 aromatic rings. The molecule has 0 aromatic heterocycles. The zero-order valence-electron chi connectivity index (χ0n) is 10.7. The SMILES string of the molecule is C=Cc1ccccc1.C[Si]1(C)CCCCC1. The molecule has 1 aliphatic rings. The maximum absolute atomic E-state index is 3.63. The van der Waals surface area contributed by atoms with Gasteiger partial charge in [0.25, 0.3) is 0 Å². The highest BCUT2D eigenvalue weighted by atomic mass is 28.3. The second-order valence-electron chi connectivity index (χ2n) is 5.34. The van der Waals surface area contributed by atoms with Crippen molar-refractivity contribution in [2.45, 2.75) is 44.4 Å². The molecule has 0 N–H and O–H groups in total. The van der Waals surface area contributed by atoms with Gasteiger partial charge in [-0.1, -0.05) is 87.4 Å². The van der Waals surface area contributed by atoms with Gasteiger partial charge in [-0.15, -0.1) is 0 Å². The van der Waals surface area contributed by atoms with Crippen LogP contribution in [0.2, 0.25) is 25.2 Å². The highest BCUT2D eigenvalue weighted by Crippen LogP contribution is 2.27. The van der Waals surface area contributed by atoms with Crippen LogP contribution in [0.5, 0.6) is 0 Å². The van der Waals surface area contributed by atoms with Crippen molar-refractivity contribution < 1.29 is 0 Å². The third-order valence-electron chi connectivity index (χ3n) is 3.24. The molecule has 0 amide bonds. The van der Waals surface area contributed by atoms with Crippen molar-refractivity contribution in [3.05, 3.63) is 42.5 Å². The number of rotatable bonds is 1. The number of benzene rings is 1. The van der Waals surface area contributed by atoms with Gasteiger partial charge in [0.1, 0.15) is 0 Å². The van der Waals surface area contributed by atoms with Crippen LogP contribution in [0.15, 0.2) is 36.9 Å². The molecule has 2 rings (SSSR count). The van der Waals surface area contributed by atoms with Crippen LogP contribution in [0.1, 0.15) is 24.8 Å². The van der Waals surface area contributed by atoms with Crippen molar-refractivity contribution in [3.63, 3.8) is 0 Å². The molecule has 1 aliphatic heterocycles. The summed E-state index contributed by atoms with van der Waals surface area (Å²) in [7, 11) is -0.590. The molecular weight excluding hydrogens is 208 g/mol. The summed E-state index contributed by atoms with van der Waals surface area (Å²) >= 11 is 0. The molecule has 88 valence electrons. The van der Waals surface area contributed by atoms with Crippen LogP contribution < -0.4 is 0 Å². The van der Waals surface area contributed by atoms with Crippen molar-refractivity contribution in [1.29, 1.82) is 0 Å². The van der Waals surface area contributed by atoms with Crippen molar-refractivity contribution in [1.82, 2.24) is 0 Å². The molecule has 0 atom stereocenters. The second kappa shape index (κ2) is 6.69. The first-order valence-electron chi connectivity index (χ1n) is 6.31. The van der Waals surface area contributed by atoms with Gasteiger partial charge in [-0.3, -0.25) is 0 Å². The van der Waals surface area contributed by atoms with E-state index in [9.17, 15) is 0 Å². The Kier molecular flexibility index (Phi) is 5.54. The Morgan fingerprint density at radius 2 is 1.56 bits per heavy atom. The molecule has 1 heterocycles. The highest BCUT2D eigenvalue weighted by molar-refractivity contribution is 6.77. The van der Waals surface area contributed by atoms with Gasteiger partial charge in [0.2, 0.25) is 0 Å². The summed E-state index contributed by atoms with van der Waals surface area (Å²) in [5.41, 5.74) is 1.17. The minimum atomic E-state index is -0.590. The summed E-state index contributed by atoms with van der Waals surface area (Å²) in [6, 6.07) is 13.2. The van der Waals surface area contributed by atoms with Crippen LogP contribution in [0, 0.1) is 0 Å². The quantitative estimate of drug-likeness (QED) is 0.583. The summed E-state index contributed by atoms with van der Waals surface area (Å²) in [5.74, 6) is 0. The van der Waals surface area contributed by atoms with Crippen LogP contribution in [0.4, 0.5) is 0 Å². The van der Waals surface area contributed by atoms with E-state index in [1.54, 1.807) is 12.1 Å². The fraction of sp³-hybridized carbons (Fsp3) is 0.467. The molecule has 0 nitrogen and oxygen atoms in total. The summed E-state index contributed by atoms with van der Waals surface area (Å²) in [6.07, 6.45) is 6.40. The van der Waals surface area contributed by atoms with Gasteiger partial charge in [0.15, 0.2) is 0 Å². The summed E-state index contributed by atoms with van der Waals surface area (Å²) in [4.78, 5) is 0. The third kappa shape index (κ3) is 5.31. The predicted octanol–water partition coefficient (Wildman–Crippen LogP) is 5.21. The standard InChI is InChI=1S/C8H8.C7H16Si/c1-2-8-6-4-3-5-7-8;1-8(2)6-4-3-5-7-8/h2-7H,1H2;3-7H2,1-2H3. The first-order chi connectivity index (χ1) is 7.64. The summed E-state index contributed by atoms with van der Waals surface area (Å²) in [5, 5.41) is 0. The van der Waals surface area contributed by atoms with Crippen molar-refractivity contribution in [2.75, 3.05) is 0 Å². The molecule has 0 aliphatic carbocycles. The topological polar surface area (TPSA) is 0 Å². The molecule has 0 radical (unpaired) electrons. The molecule has 1 heteroatoms. The molecule has 1 saturated heterocycles. The summed E-state index contributed by atoms with van der Waals surface area (Å²) < 4.78 is 0. The Morgan fingerprint density at radius 3 is 1.88 bits per heavy atom. The van der Waals surface area contributed by atoms with E-state index >= 15 is 0 Å². The second-order valence-corrected chi connectivity index (χ2v) is 10.7. The number of hydrogen-bond donors (Lipinski definition) is 0. The lowest BCUT2D eigenvalue weighted by Crippen LogP contribution is -2.27. The lowest BCUT2D eigenvalue weighted by atomic mass is 10.2. The maximum Gasteiger partial charge on any atom is 0.0473 e. The smallest absolute Gasteiger partial charge is 0.0473 e. The Bertz CT molecular complexity index is 292. The fourth-order valence-electron chi connectivity index (χ4n) is 2.10. The lowest BCUT2D eigenvalue weighted by Gasteiger charge is -2.26. The first-order valence-corrected chi connectivity index (χ1v) is 9.73. The number of hydrogen-bond acceptors (Lipinski definition) is 0. The average molecular weight is 232 g/mol. The highest BCUT2D eigenvalue weighted by Gasteiger charge is 2.22. The van der Waals surface area contributed by atoms with E-state index < -0.39 is 8.07 Å². The molecule has 0 unspecified atom stereocenters. The van der Waals surface area contributed by atoms with Crippen LogP contribution in [-0.2, 0) is 0 Å². The van der Waals surface area contributed by atoms with Crippen LogP contribution >= 0.6 is 0 Å². The minimum Gasteiger partial charge on any atom is -0.0985 e. The zero-order chi connectivity index (χ0) is 11.9. The zero-order valence-corrected chi connectivity index (χ0v) is 11.7. The molecule has 0 bridgehead atoms. The predicted molar refractivity (Wildman–Crippen MR) is 77.5 cm³/mol. The van der Waals surface area contributed by atoms with Crippen LogP contribution in [-0.4, -0.2) is 8.07 Å². The van der Waals surface area contributed by atoms with E-state index in [4.69, 9.17) is 0 Å². The monoisotopic (exact) mass is 232 g/mol. The normalized spacial score (nSPS) is 18.1. The Morgan fingerprint density at radius 1 is 1.00 bits per heavy atom. The van der Waals surface area contributed by atoms with Crippen molar-refractivity contribution in [2.24, 2.45) is 0 Å². The van der Waals surface area contributed by atoms with Gasteiger partial charge in [-0.25, -0.2) is 0 Å². The van der Waals surface area contributed by atoms with Gasteiger partial charge in [-0.2, -0.15) is 0 Å². The van der Waals surface area contributed by atoms with E-state index in [2.05, 4.69) is 19.7 Å². The minimum absolute atomic E-state index is 0.590. The first kappa shape index (κ1) is 13.2. The van der Waals surface area contributed by atoms with Gasteiger partial charge in [-0.05, 0) is 5.56 Å². The maximum atomic E-state index is 3.63. The lowest BCUT2D eigenvalue weighted by molar-refractivity contribution is 0.713.